The van der Waals surface area contributed by atoms with Crippen LogP contribution in [0.2, 0.25) is 0 Å². The molecule has 0 bridgehead atoms. The topological polar surface area (TPSA) is 31.9 Å². The summed E-state index contributed by atoms with van der Waals surface area (Å²) in [5.74, 6) is 0. The lowest BCUT2D eigenvalue weighted by Crippen LogP contribution is -2.15. The van der Waals surface area contributed by atoms with Crippen molar-refractivity contribution in [1.82, 2.24) is 14.9 Å². The summed E-state index contributed by atoms with van der Waals surface area (Å²) in [7, 11) is 4.18. The lowest BCUT2D eigenvalue weighted by molar-refractivity contribution is 0.412. The van der Waals surface area contributed by atoms with Gasteiger partial charge >= 0.3 is 0 Å². The van der Waals surface area contributed by atoms with Gasteiger partial charge in [0.15, 0.2) is 0 Å². The van der Waals surface area contributed by atoms with E-state index in [9.17, 15) is 0 Å². The molecule has 18 heavy (non-hydrogen) atoms. The number of H-pyrrole nitrogens is 1. The smallest absolute Gasteiger partial charge is 0.0684 e. The Kier molecular flexibility index (Phi) is 2.76. The van der Waals surface area contributed by atoms with Crippen LogP contribution < -0.4 is 0 Å². The second-order valence-electron chi connectivity index (χ2n) is 4.90. The molecule has 2 aromatic heterocycles. The minimum Gasteiger partial charge on any atom is -0.353 e. The van der Waals surface area contributed by atoms with Crippen molar-refractivity contribution in [3.8, 4) is 0 Å². The highest BCUT2D eigenvalue weighted by molar-refractivity contribution is 6.07. The Hall–Kier alpha value is -1.87. The Morgan fingerprint density at radius 1 is 1.11 bits per heavy atom. The molecule has 0 aliphatic carbocycles. The number of para-hydroxylation sites is 1. The monoisotopic (exact) mass is 239 g/mol. The third-order valence-electron chi connectivity index (χ3n) is 3.30. The van der Waals surface area contributed by atoms with Gasteiger partial charge in [0.1, 0.15) is 0 Å². The molecule has 1 aromatic carbocycles. The van der Waals surface area contributed by atoms with Crippen molar-refractivity contribution in [1.29, 1.82) is 0 Å². The number of hydrogen-bond acceptors (Lipinski definition) is 2. The first-order chi connectivity index (χ1) is 8.75. The molecule has 3 aromatic rings. The molecule has 2 heterocycles. The van der Waals surface area contributed by atoms with Crippen molar-refractivity contribution in [3.63, 3.8) is 0 Å². The zero-order valence-electron chi connectivity index (χ0n) is 10.8. The number of aromatic nitrogens is 2. The largest absolute Gasteiger partial charge is 0.353 e. The van der Waals surface area contributed by atoms with Gasteiger partial charge in [-0.2, -0.15) is 0 Å². The van der Waals surface area contributed by atoms with Gasteiger partial charge in [-0.05, 0) is 26.2 Å². The van der Waals surface area contributed by atoms with E-state index in [4.69, 9.17) is 0 Å². The van der Waals surface area contributed by atoms with Gasteiger partial charge in [0.05, 0.1) is 11.2 Å². The number of fused-ring (bicyclic) bond motifs is 3. The standard InChI is InChI=1S/C15H17N3/c1-18(2)10-8-14-15-12(7-9-16-14)11-5-3-4-6-13(11)17-15/h3-7,9,17H,8,10H2,1-2H3. The maximum atomic E-state index is 4.52. The zero-order chi connectivity index (χ0) is 12.5. The van der Waals surface area contributed by atoms with Crippen LogP contribution in [0.25, 0.3) is 21.8 Å². The predicted molar refractivity (Wildman–Crippen MR) is 75.9 cm³/mol. The third-order valence-corrected chi connectivity index (χ3v) is 3.30. The van der Waals surface area contributed by atoms with Crippen LogP contribution in [0.5, 0.6) is 0 Å². The molecule has 0 saturated heterocycles. The second kappa shape index (κ2) is 4.42. The summed E-state index contributed by atoms with van der Waals surface area (Å²) in [4.78, 5) is 10.2. The molecule has 0 aliphatic heterocycles. The molecule has 1 N–H and O–H groups in total. The van der Waals surface area contributed by atoms with E-state index in [-0.39, 0.29) is 0 Å². The lowest BCUT2D eigenvalue weighted by atomic mass is 10.1. The first-order valence-electron chi connectivity index (χ1n) is 6.25. The summed E-state index contributed by atoms with van der Waals surface area (Å²) >= 11 is 0. The van der Waals surface area contributed by atoms with Gasteiger partial charge in [-0.1, -0.05) is 18.2 Å². The Labute approximate surface area is 106 Å². The van der Waals surface area contributed by atoms with Crippen molar-refractivity contribution < 1.29 is 0 Å². The van der Waals surface area contributed by atoms with E-state index >= 15 is 0 Å². The van der Waals surface area contributed by atoms with E-state index in [1.807, 2.05) is 6.20 Å². The second-order valence-corrected chi connectivity index (χ2v) is 4.90. The predicted octanol–water partition coefficient (Wildman–Crippen LogP) is 2.82. The molecule has 0 saturated carbocycles. The molecule has 3 nitrogen and oxygen atoms in total. The first kappa shape index (κ1) is 11.2. The van der Waals surface area contributed by atoms with Gasteiger partial charge in [0.2, 0.25) is 0 Å². The number of hydrogen-bond donors (Lipinski definition) is 1. The number of nitrogens with one attached hydrogen (secondary N) is 1. The molecule has 0 spiro atoms. The molecular weight excluding hydrogens is 222 g/mol. The maximum absolute atomic E-state index is 4.52. The molecule has 0 radical (unpaired) electrons. The Bertz CT molecular complexity index is 682. The third kappa shape index (κ3) is 1.87. The number of aromatic amines is 1. The van der Waals surface area contributed by atoms with Crippen LogP contribution >= 0.6 is 0 Å². The van der Waals surface area contributed by atoms with Crippen LogP contribution in [0.1, 0.15) is 5.69 Å². The minimum absolute atomic E-state index is 0.969. The van der Waals surface area contributed by atoms with Crippen LogP contribution in [0.3, 0.4) is 0 Å². The van der Waals surface area contributed by atoms with Crippen LogP contribution in [0.4, 0.5) is 0 Å². The molecule has 0 unspecified atom stereocenters. The summed E-state index contributed by atoms with van der Waals surface area (Å²) in [6.07, 6.45) is 2.88. The van der Waals surface area contributed by atoms with Gasteiger partial charge in [-0.15, -0.1) is 0 Å². The summed E-state index contributed by atoms with van der Waals surface area (Å²) in [5, 5.41) is 2.55. The Balaban J connectivity index is 2.15. The van der Waals surface area contributed by atoms with Crippen LogP contribution in [0, 0.1) is 0 Å². The molecule has 0 fully saturated rings. The van der Waals surface area contributed by atoms with Crippen molar-refractivity contribution >= 4 is 21.8 Å². The highest BCUT2D eigenvalue weighted by Crippen LogP contribution is 2.26. The molecule has 0 aliphatic rings. The fourth-order valence-corrected chi connectivity index (χ4v) is 2.35. The van der Waals surface area contributed by atoms with Crippen molar-refractivity contribution in [2.24, 2.45) is 0 Å². The highest BCUT2D eigenvalue weighted by atomic mass is 15.0. The summed E-state index contributed by atoms with van der Waals surface area (Å²) in [6.45, 7) is 1.02. The molecule has 3 rings (SSSR count). The zero-order valence-corrected chi connectivity index (χ0v) is 10.8. The van der Waals surface area contributed by atoms with E-state index < -0.39 is 0 Å². The Morgan fingerprint density at radius 2 is 1.94 bits per heavy atom. The van der Waals surface area contributed by atoms with Gasteiger partial charge in [0.25, 0.3) is 0 Å². The van der Waals surface area contributed by atoms with E-state index in [0.717, 1.165) is 18.7 Å². The number of likely N-dealkylation sites (N-methyl/N-ethyl adjacent to an activating group) is 1. The van der Waals surface area contributed by atoms with E-state index in [2.05, 4.69) is 59.3 Å². The summed E-state index contributed by atoms with van der Waals surface area (Å²) < 4.78 is 0. The average Bonchev–Trinajstić information content (AvgIpc) is 2.75. The van der Waals surface area contributed by atoms with Gasteiger partial charge in [-0.25, -0.2) is 0 Å². The quantitative estimate of drug-likeness (QED) is 0.762. The molecule has 0 atom stereocenters. The van der Waals surface area contributed by atoms with E-state index in [1.165, 1.54) is 21.8 Å². The first-order valence-corrected chi connectivity index (χ1v) is 6.25. The van der Waals surface area contributed by atoms with Crippen LogP contribution in [-0.2, 0) is 6.42 Å². The Morgan fingerprint density at radius 3 is 2.78 bits per heavy atom. The fourth-order valence-electron chi connectivity index (χ4n) is 2.35. The normalized spacial score (nSPS) is 11.7. The SMILES string of the molecule is CN(C)CCc1nccc2c1[nH]c1ccccc12. The molecular formula is C15H17N3. The van der Waals surface area contributed by atoms with E-state index in [1.54, 1.807) is 0 Å². The van der Waals surface area contributed by atoms with Crippen LogP contribution in [-0.4, -0.2) is 35.5 Å². The van der Waals surface area contributed by atoms with Crippen molar-refractivity contribution in [2.75, 3.05) is 20.6 Å². The lowest BCUT2D eigenvalue weighted by Gasteiger charge is -2.08. The number of benzene rings is 1. The molecule has 3 heteroatoms. The minimum atomic E-state index is 0.969. The van der Waals surface area contributed by atoms with Gasteiger partial charge in [0, 0.05) is 35.5 Å². The molecule has 0 amide bonds. The summed E-state index contributed by atoms with van der Waals surface area (Å²) in [5.41, 5.74) is 3.52. The number of rotatable bonds is 3. The molecule has 92 valence electrons. The van der Waals surface area contributed by atoms with Gasteiger partial charge in [-0.3, -0.25) is 4.98 Å². The fraction of sp³-hybridized carbons (Fsp3) is 0.267. The van der Waals surface area contributed by atoms with E-state index in [0.29, 0.717) is 0 Å². The number of nitrogens with zero attached hydrogens (tertiary/aromatic N) is 2. The average molecular weight is 239 g/mol. The number of pyridine rings is 1. The van der Waals surface area contributed by atoms with Crippen molar-refractivity contribution in [2.45, 2.75) is 6.42 Å². The summed E-state index contributed by atoms with van der Waals surface area (Å²) in [6, 6.07) is 10.5. The highest BCUT2D eigenvalue weighted by Gasteiger charge is 2.08. The van der Waals surface area contributed by atoms with Crippen LogP contribution in [0.15, 0.2) is 36.5 Å². The van der Waals surface area contributed by atoms with Crippen molar-refractivity contribution in [3.05, 3.63) is 42.2 Å². The maximum Gasteiger partial charge on any atom is 0.0684 e. The van der Waals surface area contributed by atoms with Gasteiger partial charge < -0.3 is 9.88 Å².